The number of nitro groups is 1. The van der Waals surface area contributed by atoms with Gasteiger partial charge in [-0.05, 0) is 6.07 Å². The second-order valence-corrected chi connectivity index (χ2v) is 3.14. The van der Waals surface area contributed by atoms with Crippen molar-refractivity contribution < 1.29 is 14.5 Å². The minimum absolute atomic E-state index is 0.0119. The Bertz CT molecular complexity index is 437. The lowest BCUT2D eigenvalue weighted by atomic mass is 10.3. The van der Waals surface area contributed by atoms with Crippen LogP contribution in [-0.4, -0.2) is 18.1 Å². The Morgan fingerprint density at radius 1 is 1.62 bits per heavy atom. The van der Waals surface area contributed by atoms with Crippen molar-refractivity contribution in [1.82, 2.24) is 0 Å². The van der Waals surface area contributed by atoms with Crippen LogP contribution < -0.4 is 10.9 Å². The van der Waals surface area contributed by atoms with Crippen molar-refractivity contribution in [2.45, 2.75) is 0 Å². The van der Waals surface area contributed by atoms with Gasteiger partial charge >= 0.3 is 6.09 Å². The lowest BCUT2D eigenvalue weighted by molar-refractivity contribution is -0.384. The molecular formula is C8H8ClN3O4. The Morgan fingerprint density at radius 3 is 2.69 bits per heavy atom. The van der Waals surface area contributed by atoms with Crippen molar-refractivity contribution in [2.24, 2.45) is 5.84 Å². The Balaban J connectivity index is 3.08. The highest BCUT2D eigenvalue weighted by Crippen LogP contribution is 2.28. The Labute approximate surface area is 95.5 Å². The summed E-state index contributed by atoms with van der Waals surface area (Å²) in [6.07, 6.45) is -0.823. The van der Waals surface area contributed by atoms with Gasteiger partial charge in [0, 0.05) is 12.1 Å². The zero-order valence-corrected chi connectivity index (χ0v) is 8.97. The van der Waals surface area contributed by atoms with Gasteiger partial charge in [-0.15, -0.1) is 0 Å². The lowest BCUT2D eigenvalue weighted by Crippen LogP contribution is -2.37. The summed E-state index contributed by atoms with van der Waals surface area (Å²) in [7, 11) is 1.15. The Morgan fingerprint density at radius 2 is 2.25 bits per heavy atom. The molecule has 1 aromatic rings. The summed E-state index contributed by atoms with van der Waals surface area (Å²) in [6.45, 7) is 0. The number of nitrogens with zero attached hydrogens (tertiary/aromatic N) is 2. The van der Waals surface area contributed by atoms with Gasteiger partial charge in [0.15, 0.2) is 0 Å². The first-order valence-electron chi connectivity index (χ1n) is 4.04. The summed E-state index contributed by atoms with van der Waals surface area (Å²) in [5, 5.41) is 11.1. The third-order valence-corrected chi connectivity index (χ3v) is 2.08. The number of hydrogen-bond acceptors (Lipinski definition) is 5. The van der Waals surface area contributed by atoms with E-state index >= 15 is 0 Å². The maximum atomic E-state index is 11.1. The third kappa shape index (κ3) is 2.38. The molecule has 8 heteroatoms. The highest BCUT2D eigenvalue weighted by atomic mass is 35.5. The minimum atomic E-state index is -0.823. The van der Waals surface area contributed by atoms with Crippen LogP contribution >= 0.6 is 11.6 Å². The smallest absolute Gasteiger partial charge is 0.428 e. The quantitative estimate of drug-likeness (QED) is 0.370. The molecular weight excluding hydrogens is 238 g/mol. The zero-order chi connectivity index (χ0) is 12.3. The van der Waals surface area contributed by atoms with Crippen molar-refractivity contribution in [3.05, 3.63) is 33.3 Å². The number of hydrogen-bond donors (Lipinski definition) is 1. The van der Waals surface area contributed by atoms with Crippen LogP contribution in [0.15, 0.2) is 18.2 Å². The van der Waals surface area contributed by atoms with E-state index in [1.165, 1.54) is 12.1 Å². The van der Waals surface area contributed by atoms with Crippen LogP contribution in [0.1, 0.15) is 0 Å². The monoisotopic (exact) mass is 245 g/mol. The maximum absolute atomic E-state index is 11.1. The van der Waals surface area contributed by atoms with Crippen molar-refractivity contribution in [3.63, 3.8) is 0 Å². The van der Waals surface area contributed by atoms with Crippen LogP contribution in [0.4, 0.5) is 16.2 Å². The van der Waals surface area contributed by atoms with Gasteiger partial charge in [-0.3, -0.25) is 10.1 Å². The topological polar surface area (TPSA) is 98.7 Å². The molecule has 0 atom stereocenters. The van der Waals surface area contributed by atoms with Crippen molar-refractivity contribution >= 4 is 29.1 Å². The second-order valence-electron chi connectivity index (χ2n) is 2.73. The molecule has 0 heterocycles. The fourth-order valence-electron chi connectivity index (χ4n) is 1.00. The van der Waals surface area contributed by atoms with Crippen molar-refractivity contribution in [1.29, 1.82) is 0 Å². The maximum Gasteiger partial charge on any atom is 0.428 e. The fourth-order valence-corrected chi connectivity index (χ4v) is 1.27. The van der Waals surface area contributed by atoms with Gasteiger partial charge in [0.05, 0.1) is 22.7 Å². The van der Waals surface area contributed by atoms with E-state index in [0.29, 0.717) is 5.01 Å². The summed E-state index contributed by atoms with van der Waals surface area (Å²) >= 11 is 5.74. The number of amides is 1. The standard InChI is InChI=1S/C8H8ClN3O4/c1-16-8(13)11(10)7-3-2-5(12(14)15)4-6(7)9/h2-4H,10H2,1H3. The summed E-state index contributed by atoms with van der Waals surface area (Å²) in [5.41, 5.74) is -0.0638. The number of anilines is 1. The minimum Gasteiger partial charge on any atom is -0.452 e. The van der Waals surface area contributed by atoms with E-state index in [9.17, 15) is 14.9 Å². The number of hydrazine groups is 1. The van der Waals surface area contributed by atoms with Crippen LogP contribution in [-0.2, 0) is 4.74 Å². The van der Waals surface area contributed by atoms with Gasteiger partial charge in [-0.25, -0.2) is 15.6 Å². The Kier molecular flexibility index (Phi) is 3.64. The summed E-state index contributed by atoms with van der Waals surface area (Å²) in [6, 6.07) is 3.54. The van der Waals surface area contributed by atoms with Crippen molar-refractivity contribution in [2.75, 3.05) is 12.1 Å². The van der Waals surface area contributed by atoms with Gasteiger partial charge in [0.2, 0.25) is 0 Å². The molecule has 0 fully saturated rings. The van der Waals surface area contributed by atoms with Crippen LogP contribution in [0, 0.1) is 10.1 Å². The first kappa shape index (κ1) is 12.2. The highest BCUT2D eigenvalue weighted by molar-refractivity contribution is 6.33. The normalized spacial score (nSPS) is 9.69. The molecule has 7 nitrogen and oxygen atoms in total. The number of nitro benzene ring substituents is 1. The average molecular weight is 246 g/mol. The lowest BCUT2D eigenvalue weighted by Gasteiger charge is -2.15. The molecule has 1 amide bonds. The van der Waals surface area contributed by atoms with E-state index in [1.54, 1.807) is 0 Å². The van der Waals surface area contributed by atoms with Crippen LogP contribution in [0.2, 0.25) is 5.02 Å². The number of carbonyl (C=O) groups excluding carboxylic acids is 1. The number of benzene rings is 1. The highest BCUT2D eigenvalue weighted by Gasteiger charge is 2.17. The molecule has 0 bridgehead atoms. The number of carbonyl (C=O) groups is 1. The molecule has 1 aromatic carbocycles. The molecule has 86 valence electrons. The summed E-state index contributed by atoms with van der Waals surface area (Å²) in [5.74, 6) is 5.38. The molecule has 2 N–H and O–H groups in total. The average Bonchev–Trinajstić information content (AvgIpc) is 2.26. The molecule has 0 unspecified atom stereocenters. The van der Waals surface area contributed by atoms with Gasteiger partial charge in [-0.2, -0.15) is 0 Å². The molecule has 0 aliphatic rings. The SMILES string of the molecule is COC(=O)N(N)c1ccc([N+](=O)[O-])cc1Cl. The van der Waals surface area contributed by atoms with E-state index in [4.69, 9.17) is 17.4 Å². The van der Waals surface area contributed by atoms with Gasteiger partial charge in [0.1, 0.15) is 0 Å². The molecule has 0 aromatic heterocycles. The second kappa shape index (κ2) is 4.77. The van der Waals surface area contributed by atoms with E-state index in [-0.39, 0.29) is 16.4 Å². The van der Waals surface area contributed by atoms with Gasteiger partial charge < -0.3 is 4.74 Å². The number of ether oxygens (including phenoxy) is 1. The summed E-state index contributed by atoms with van der Waals surface area (Å²) < 4.78 is 4.37. The molecule has 0 radical (unpaired) electrons. The molecule has 1 rings (SSSR count). The predicted octanol–water partition coefficient (Wildman–Crippen LogP) is 1.69. The first-order chi connectivity index (χ1) is 7.47. The number of rotatable bonds is 2. The molecule has 16 heavy (non-hydrogen) atoms. The van der Waals surface area contributed by atoms with E-state index in [1.807, 2.05) is 0 Å². The third-order valence-electron chi connectivity index (χ3n) is 1.77. The summed E-state index contributed by atoms with van der Waals surface area (Å²) in [4.78, 5) is 20.9. The molecule has 0 spiro atoms. The number of non-ortho nitro benzene ring substituents is 1. The van der Waals surface area contributed by atoms with E-state index in [2.05, 4.69) is 4.74 Å². The van der Waals surface area contributed by atoms with Gasteiger partial charge in [0.25, 0.3) is 5.69 Å². The number of methoxy groups -OCH3 is 1. The van der Waals surface area contributed by atoms with Crippen LogP contribution in [0.3, 0.4) is 0 Å². The largest absolute Gasteiger partial charge is 0.452 e. The van der Waals surface area contributed by atoms with E-state index in [0.717, 1.165) is 13.2 Å². The van der Waals surface area contributed by atoms with Crippen LogP contribution in [0.5, 0.6) is 0 Å². The molecule has 0 aliphatic carbocycles. The number of halogens is 1. The van der Waals surface area contributed by atoms with E-state index < -0.39 is 11.0 Å². The fraction of sp³-hybridized carbons (Fsp3) is 0.125. The molecule has 0 saturated carbocycles. The zero-order valence-electron chi connectivity index (χ0n) is 8.21. The van der Waals surface area contributed by atoms with Gasteiger partial charge in [-0.1, -0.05) is 11.6 Å². The Hall–Kier alpha value is -1.86. The first-order valence-corrected chi connectivity index (χ1v) is 4.42. The van der Waals surface area contributed by atoms with Crippen molar-refractivity contribution in [3.8, 4) is 0 Å². The predicted molar refractivity (Wildman–Crippen MR) is 57.2 cm³/mol. The molecule has 0 saturated heterocycles. The number of nitrogens with two attached hydrogens (primary N) is 1. The van der Waals surface area contributed by atoms with Crippen LogP contribution in [0.25, 0.3) is 0 Å². The molecule has 0 aliphatic heterocycles.